The fraction of sp³-hybridized carbons (Fsp3) is 0. The first kappa shape index (κ1) is 32.7. The summed E-state index contributed by atoms with van der Waals surface area (Å²) in [6, 6.07) is 62.3. The highest BCUT2D eigenvalue weighted by Crippen LogP contribution is 2.37. The topological polar surface area (TPSA) is 6.48 Å². The zero-order chi connectivity index (χ0) is 34.1. The summed E-state index contributed by atoms with van der Waals surface area (Å²) in [7, 11) is 0. The van der Waals surface area contributed by atoms with Crippen LogP contribution in [0.25, 0.3) is 24.3 Å². The number of anilines is 6. The van der Waals surface area contributed by atoms with Gasteiger partial charge in [-0.2, -0.15) is 0 Å². The molecule has 0 N–H and O–H groups in total. The summed E-state index contributed by atoms with van der Waals surface area (Å²) in [5, 5.41) is 1.42. The Balaban J connectivity index is 1.02. The molecule has 0 aliphatic heterocycles. The Labute approximate surface area is 304 Å². The van der Waals surface area contributed by atoms with E-state index in [4.69, 9.17) is 23.2 Å². The van der Waals surface area contributed by atoms with Gasteiger partial charge in [0.15, 0.2) is 0 Å². The minimum absolute atomic E-state index is 0.708. The molecule has 7 aromatic rings. The highest BCUT2D eigenvalue weighted by molar-refractivity contribution is 6.31. The smallest absolute Gasteiger partial charge is 0.0476 e. The quantitative estimate of drug-likeness (QED) is 0.132. The summed E-state index contributed by atoms with van der Waals surface area (Å²) in [4.78, 5) is 4.42. The molecule has 0 saturated carbocycles. The SMILES string of the molecule is Clc1cccc(N(c2ccccc2)c2ccc(/C=C/c3ccc(/C=C/c4ccc(N(c5ccccc5)c5cccc(Cl)c5)cc4)cc3)cc2)c1. The average molecular weight is 686 g/mol. The second kappa shape index (κ2) is 15.6. The van der Waals surface area contributed by atoms with Gasteiger partial charge in [-0.15, -0.1) is 0 Å². The molecule has 0 amide bonds. The van der Waals surface area contributed by atoms with E-state index in [1.54, 1.807) is 0 Å². The largest absolute Gasteiger partial charge is 0.310 e. The molecule has 0 unspecified atom stereocenters. The molecule has 0 saturated heterocycles. The molecule has 7 aromatic carbocycles. The van der Waals surface area contributed by atoms with E-state index in [0.717, 1.165) is 56.4 Å². The summed E-state index contributed by atoms with van der Waals surface area (Å²) < 4.78 is 0. The Bertz CT molecular complexity index is 2050. The second-order valence-electron chi connectivity index (χ2n) is 11.8. The maximum Gasteiger partial charge on any atom is 0.0476 e. The summed E-state index contributed by atoms with van der Waals surface area (Å²) in [5.74, 6) is 0. The van der Waals surface area contributed by atoms with Gasteiger partial charge >= 0.3 is 0 Å². The van der Waals surface area contributed by atoms with Crippen molar-refractivity contribution in [2.45, 2.75) is 0 Å². The molecule has 0 radical (unpaired) electrons. The number of para-hydroxylation sites is 2. The van der Waals surface area contributed by atoms with Crippen molar-refractivity contribution in [2.24, 2.45) is 0 Å². The fourth-order valence-electron chi connectivity index (χ4n) is 5.85. The number of rotatable bonds is 10. The van der Waals surface area contributed by atoms with Gasteiger partial charge in [-0.25, -0.2) is 0 Å². The predicted octanol–water partition coefficient (Wildman–Crippen LogP) is 14.3. The summed E-state index contributed by atoms with van der Waals surface area (Å²) in [6.07, 6.45) is 8.58. The standard InChI is InChI=1S/C46H34Cl2N2/c47-39-9-7-15-45(33-39)49(41-11-3-1-4-12-41)43-29-25-37(26-30-43)23-21-35-17-19-36(20-18-35)22-24-38-27-31-44(32-28-38)50(42-13-5-2-6-14-42)46-16-8-10-40(48)34-46/h1-34H/b23-21+,24-22+. The minimum atomic E-state index is 0.708. The Hall–Kier alpha value is -5.80. The molecule has 2 nitrogen and oxygen atoms in total. The van der Waals surface area contributed by atoms with Crippen molar-refractivity contribution in [1.82, 2.24) is 0 Å². The van der Waals surface area contributed by atoms with Crippen LogP contribution in [0.1, 0.15) is 22.3 Å². The van der Waals surface area contributed by atoms with E-state index in [-0.39, 0.29) is 0 Å². The zero-order valence-corrected chi connectivity index (χ0v) is 28.8. The lowest BCUT2D eigenvalue weighted by molar-refractivity contribution is 1.28. The molecular formula is C46H34Cl2N2. The van der Waals surface area contributed by atoms with Crippen LogP contribution in [0.4, 0.5) is 34.1 Å². The van der Waals surface area contributed by atoms with Crippen molar-refractivity contribution in [3.8, 4) is 0 Å². The molecule has 7 rings (SSSR count). The number of halogens is 2. The van der Waals surface area contributed by atoms with Crippen molar-refractivity contribution in [2.75, 3.05) is 9.80 Å². The predicted molar refractivity (Wildman–Crippen MR) is 217 cm³/mol. The van der Waals surface area contributed by atoms with E-state index in [0.29, 0.717) is 10.0 Å². The minimum Gasteiger partial charge on any atom is -0.310 e. The van der Waals surface area contributed by atoms with Crippen LogP contribution in [0.3, 0.4) is 0 Å². The van der Waals surface area contributed by atoms with Crippen molar-refractivity contribution in [3.05, 3.63) is 214 Å². The maximum atomic E-state index is 6.35. The van der Waals surface area contributed by atoms with Gasteiger partial charge < -0.3 is 9.80 Å². The lowest BCUT2D eigenvalue weighted by Gasteiger charge is -2.25. The van der Waals surface area contributed by atoms with E-state index in [2.05, 4.69) is 143 Å². The Kier molecular flexibility index (Phi) is 10.2. The first-order chi connectivity index (χ1) is 24.6. The Morgan fingerprint density at radius 1 is 0.280 bits per heavy atom. The van der Waals surface area contributed by atoms with Crippen LogP contribution in [0.15, 0.2) is 182 Å². The van der Waals surface area contributed by atoms with Crippen molar-refractivity contribution in [1.29, 1.82) is 0 Å². The van der Waals surface area contributed by atoms with E-state index >= 15 is 0 Å². The molecule has 0 heterocycles. The molecule has 0 aromatic heterocycles. The van der Waals surface area contributed by atoms with Gasteiger partial charge in [0.05, 0.1) is 0 Å². The monoisotopic (exact) mass is 684 g/mol. The summed E-state index contributed by atoms with van der Waals surface area (Å²) >= 11 is 12.7. The van der Waals surface area contributed by atoms with Gasteiger partial charge in [-0.05, 0) is 107 Å². The van der Waals surface area contributed by atoms with Gasteiger partial charge in [-0.3, -0.25) is 0 Å². The summed E-state index contributed by atoms with van der Waals surface area (Å²) in [5.41, 5.74) is 10.9. The molecule has 0 atom stereocenters. The lowest BCUT2D eigenvalue weighted by Crippen LogP contribution is -2.09. The van der Waals surface area contributed by atoms with Gasteiger partial charge in [0.25, 0.3) is 0 Å². The van der Waals surface area contributed by atoms with Gasteiger partial charge in [-0.1, -0.05) is 145 Å². The average Bonchev–Trinajstić information content (AvgIpc) is 3.16. The van der Waals surface area contributed by atoms with Gasteiger partial charge in [0.1, 0.15) is 0 Å². The number of nitrogens with zero attached hydrogens (tertiary/aromatic N) is 2. The van der Waals surface area contributed by atoms with Crippen LogP contribution in [0, 0.1) is 0 Å². The number of hydrogen-bond donors (Lipinski definition) is 0. The van der Waals surface area contributed by atoms with Crippen LogP contribution in [-0.2, 0) is 0 Å². The Morgan fingerprint density at radius 3 is 0.880 bits per heavy atom. The summed E-state index contributed by atoms with van der Waals surface area (Å²) in [6.45, 7) is 0. The molecule has 0 aliphatic rings. The van der Waals surface area contributed by atoms with E-state index in [9.17, 15) is 0 Å². The van der Waals surface area contributed by atoms with Crippen molar-refractivity contribution >= 4 is 81.6 Å². The third kappa shape index (κ3) is 8.07. The third-order valence-corrected chi connectivity index (χ3v) is 8.81. The molecule has 50 heavy (non-hydrogen) atoms. The van der Waals surface area contributed by atoms with E-state index in [1.165, 1.54) is 0 Å². The highest BCUT2D eigenvalue weighted by atomic mass is 35.5. The highest BCUT2D eigenvalue weighted by Gasteiger charge is 2.13. The molecule has 242 valence electrons. The fourth-order valence-corrected chi connectivity index (χ4v) is 6.22. The first-order valence-electron chi connectivity index (χ1n) is 16.5. The lowest BCUT2D eigenvalue weighted by atomic mass is 10.1. The van der Waals surface area contributed by atoms with Crippen LogP contribution >= 0.6 is 23.2 Å². The second-order valence-corrected chi connectivity index (χ2v) is 12.7. The van der Waals surface area contributed by atoms with Crippen molar-refractivity contribution < 1.29 is 0 Å². The van der Waals surface area contributed by atoms with Crippen LogP contribution < -0.4 is 9.80 Å². The van der Waals surface area contributed by atoms with Crippen LogP contribution in [0.5, 0.6) is 0 Å². The molecule has 0 aliphatic carbocycles. The Morgan fingerprint density at radius 2 is 0.560 bits per heavy atom. The van der Waals surface area contributed by atoms with Gasteiger partial charge in [0, 0.05) is 44.2 Å². The number of benzene rings is 7. The molecular weight excluding hydrogens is 651 g/mol. The third-order valence-electron chi connectivity index (χ3n) is 8.34. The molecule has 0 bridgehead atoms. The van der Waals surface area contributed by atoms with Crippen LogP contribution in [0.2, 0.25) is 10.0 Å². The normalized spacial score (nSPS) is 11.2. The maximum absolute atomic E-state index is 6.35. The van der Waals surface area contributed by atoms with E-state index in [1.807, 2.05) is 72.8 Å². The molecule has 0 fully saturated rings. The number of hydrogen-bond acceptors (Lipinski definition) is 2. The van der Waals surface area contributed by atoms with Gasteiger partial charge in [0.2, 0.25) is 0 Å². The van der Waals surface area contributed by atoms with Crippen molar-refractivity contribution in [3.63, 3.8) is 0 Å². The first-order valence-corrected chi connectivity index (χ1v) is 17.2. The van der Waals surface area contributed by atoms with E-state index < -0.39 is 0 Å². The van der Waals surface area contributed by atoms with Crippen LogP contribution in [-0.4, -0.2) is 0 Å². The molecule has 0 spiro atoms. The molecule has 4 heteroatoms. The zero-order valence-electron chi connectivity index (χ0n) is 27.3.